The molecule has 0 saturated heterocycles. The SMILES string of the molecule is CC(C)CNC(=O)C(Cc1ccccc1)N(Cc1ccc(Br)cc1)C(=O)CN(c1ccc(Cl)c(Cl)c1)S(C)(=O)=O. The van der Waals surface area contributed by atoms with Gasteiger partial charge in [-0.2, -0.15) is 0 Å². The molecule has 1 unspecified atom stereocenters. The second-order valence-electron chi connectivity index (χ2n) is 9.86. The van der Waals surface area contributed by atoms with E-state index in [0.717, 1.165) is 26.2 Å². The fourth-order valence-electron chi connectivity index (χ4n) is 4.02. The maximum atomic E-state index is 14.0. The summed E-state index contributed by atoms with van der Waals surface area (Å²) in [7, 11) is -3.90. The van der Waals surface area contributed by atoms with Gasteiger partial charge < -0.3 is 10.2 Å². The molecule has 0 aromatic heterocycles. The van der Waals surface area contributed by atoms with Crippen molar-refractivity contribution in [1.82, 2.24) is 10.2 Å². The Bertz CT molecular complexity index is 1420. The van der Waals surface area contributed by atoms with Crippen molar-refractivity contribution in [2.75, 3.05) is 23.7 Å². The maximum absolute atomic E-state index is 14.0. The van der Waals surface area contributed by atoms with E-state index in [1.807, 2.05) is 68.4 Å². The van der Waals surface area contributed by atoms with Crippen molar-refractivity contribution in [3.8, 4) is 0 Å². The van der Waals surface area contributed by atoms with Crippen molar-refractivity contribution >= 4 is 66.7 Å². The number of hydrogen-bond acceptors (Lipinski definition) is 4. The van der Waals surface area contributed by atoms with Gasteiger partial charge in [0.2, 0.25) is 21.8 Å². The van der Waals surface area contributed by atoms with Gasteiger partial charge in [0, 0.05) is 24.0 Å². The highest BCUT2D eigenvalue weighted by atomic mass is 79.9. The molecule has 11 heteroatoms. The lowest BCUT2D eigenvalue weighted by molar-refractivity contribution is -0.140. The van der Waals surface area contributed by atoms with E-state index in [1.54, 1.807) is 0 Å². The molecule has 0 aliphatic carbocycles. The number of nitrogens with zero attached hydrogens (tertiary/aromatic N) is 2. The van der Waals surface area contributed by atoms with Crippen LogP contribution in [0.2, 0.25) is 10.0 Å². The van der Waals surface area contributed by atoms with Gasteiger partial charge >= 0.3 is 0 Å². The first-order chi connectivity index (χ1) is 18.8. The van der Waals surface area contributed by atoms with Gasteiger partial charge in [-0.05, 0) is 47.4 Å². The molecule has 7 nitrogen and oxygen atoms in total. The van der Waals surface area contributed by atoms with Crippen molar-refractivity contribution in [3.05, 3.63) is 98.4 Å². The van der Waals surface area contributed by atoms with E-state index < -0.39 is 28.5 Å². The molecule has 0 bridgehead atoms. The van der Waals surface area contributed by atoms with Crippen LogP contribution in [0.1, 0.15) is 25.0 Å². The third kappa shape index (κ3) is 9.23. The number of carbonyl (C=O) groups excluding carboxylic acids is 2. The van der Waals surface area contributed by atoms with Crippen molar-refractivity contribution in [2.45, 2.75) is 32.9 Å². The van der Waals surface area contributed by atoms with Gasteiger partial charge in [0.15, 0.2) is 0 Å². The number of carbonyl (C=O) groups is 2. The molecule has 3 aromatic rings. The molecule has 0 fully saturated rings. The first-order valence-corrected chi connectivity index (χ1v) is 16.0. The lowest BCUT2D eigenvalue weighted by atomic mass is 10.0. The molecule has 1 atom stereocenters. The second-order valence-corrected chi connectivity index (χ2v) is 13.5. The third-order valence-corrected chi connectivity index (χ3v) is 8.50. The van der Waals surface area contributed by atoms with E-state index >= 15 is 0 Å². The number of hydrogen-bond donors (Lipinski definition) is 1. The number of halogens is 3. The van der Waals surface area contributed by atoms with Crippen LogP contribution in [0.15, 0.2) is 77.3 Å². The fourth-order valence-corrected chi connectivity index (χ4v) is 5.42. The zero-order chi connectivity index (χ0) is 29.4. The molecule has 214 valence electrons. The lowest BCUT2D eigenvalue weighted by Crippen LogP contribution is -2.53. The highest BCUT2D eigenvalue weighted by Gasteiger charge is 2.33. The summed E-state index contributed by atoms with van der Waals surface area (Å²) < 4.78 is 27.5. The van der Waals surface area contributed by atoms with Crippen LogP contribution in [0.5, 0.6) is 0 Å². The van der Waals surface area contributed by atoms with Crippen LogP contribution in [-0.4, -0.2) is 50.5 Å². The van der Waals surface area contributed by atoms with Crippen molar-refractivity contribution in [3.63, 3.8) is 0 Å². The second kappa shape index (κ2) is 14.3. The monoisotopic (exact) mass is 667 g/mol. The van der Waals surface area contributed by atoms with Crippen LogP contribution < -0.4 is 9.62 Å². The zero-order valence-corrected chi connectivity index (χ0v) is 26.4. The van der Waals surface area contributed by atoms with Crippen molar-refractivity contribution < 1.29 is 18.0 Å². The number of anilines is 1. The minimum Gasteiger partial charge on any atom is -0.354 e. The maximum Gasteiger partial charge on any atom is 0.244 e. The van der Waals surface area contributed by atoms with Gasteiger partial charge in [-0.15, -0.1) is 0 Å². The summed E-state index contributed by atoms with van der Waals surface area (Å²) in [6.45, 7) is 3.97. The number of benzene rings is 3. The van der Waals surface area contributed by atoms with Crippen LogP contribution in [0.25, 0.3) is 0 Å². The Morgan fingerprint density at radius 2 is 1.57 bits per heavy atom. The van der Waals surface area contributed by atoms with Gasteiger partial charge in [0.25, 0.3) is 0 Å². The number of sulfonamides is 1. The molecule has 40 heavy (non-hydrogen) atoms. The van der Waals surface area contributed by atoms with Crippen molar-refractivity contribution in [1.29, 1.82) is 0 Å². The summed E-state index contributed by atoms with van der Waals surface area (Å²) in [5.41, 5.74) is 1.84. The Balaban J connectivity index is 2.05. The third-order valence-electron chi connectivity index (χ3n) is 6.09. The molecule has 0 aliphatic heterocycles. The number of nitrogens with one attached hydrogen (secondary N) is 1. The molecule has 0 spiro atoms. The first-order valence-electron chi connectivity index (χ1n) is 12.6. The Morgan fingerprint density at radius 3 is 2.15 bits per heavy atom. The molecule has 3 aromatic carbocycles. The Morgan fingerprint density at radius 1 is 0.925 bits per heavy atom. The average Bonchev–Trinajstić information content (AvgIpc) is 2.90. The fraction of sp³-hybridized carbons (Fsp3) is 0.310. The van der Waals surface area contributed by atoms with Gasteiger partial charge in [-0.25, -0.2) is 8.42 Å². The number of amides is 2. The van der Waals surface area contributed by atoms with Crippen LogP contribution >= 0.6 is 39.1 Å². The molecule has 0 radical (unpaired) electrons. The largest absolute Gasteiger partial charge is 0.354 e. The normalized spacial score (nSPS) is 12.2. The van der Waals surface area contributed by atoms with E-state index in [-0.39, 0.29) is 40.5 Å². The van der Waals surface area contributed by atoms with Gasteiger partial charge in [-0.3, -0.25) is 13.9 Å². The van der Waals surface area contributed by atoms with Crippen LogP contribution in [0.3, 0.4) is 0 Å². The first kappa shape index (κ1) is 31.9. The van der Waals surface area contributed by atoms with Gasteiger partial charge in [-0.1, -0.05) is 95.4 Å². The van der Waals surface area contributed by atoms with E-state index in [2.05, 4.69) is 21.2 Å². The minimum atomic E-state index is -3.90. The average molecular weight is 669 g/mol. The summed E-state index contributed by atoms with van der Waals surface area (Å²) >= 11 is 15.6. The predicted molar refractivity (Wildman–Crippen MR) is 165 cm³/mol. The van der Waals surface area contributed by atoms with E-state index in [0.29, 0.717) is 6.54 Å². The van der Waals surface area contributed by atoms with E-state index in [1.165, 1.54) is 23.1 Å². The molecule has 1 N–H and O–H groups in total. The smallest absolute Gasteiger partial charge is 0.244 e. The minimum absolute atomic E-state index is 0.0949. The highest BCUT2D eigenvalue weighted by Crippen LogP contribution is 2.29. The summed E-state index contributed by atoms with van der Waals surface area (Å²) in [5.74, 6) is -0.657. The highest BCUT2D eigenvalue weighted by molar-refractivity contribution is 9.10. The Hall–Kier alpha value is -2.59. The molecule has 3 rings (SSSR count). The van der Waals surface area contributed by atoms with Crippen molar-refractivity contribution in [2.24, 2.45) is 5.92 Å². The Labute approximate surface area is 254 Å². The summed E-state index contributed by atoms with van der Waals surface area (Å²) in [6.07, 6.45) is 1.26. The summed E-state index contributed by atoms with van der Waals surface area (Å²) in [5, 5.41) is 3.37. The van der Waals surface area contributed by atoms with Crippen LogP contribution in [-0.2, 0) is 32.6 Å². The van der Waals surface area contributed by atoms with Crippen LogP contribution in [0.4, 0.5) is 5.69 Å². The lowest BCUT2D eigenvalue weighted by Gasteiger charge is -2.33. The molecular weight excluding hydrogens is 637 g/mol. The zero-order valence-electron chi connectivity index (χ0n) is 22.5. The predicted octanol–water partition coefficient (Wildman–Crippen LogP) is 5.93. The molecular formula is C29H32BrCl2N3O4S. The Kier molecular flexibility index (Phi) is 11.5. The van der Waals surface area contributed by atoms with E-state index in [9.17, 15) is 18.0 Å². The molecule has 0 heterocycles. The summed E-state index contributed by atoms with van der Waals surface area (Å²) in [6, 6.07) is 20.3. The number of rotatable bonds is 12. The molecule has 2 amide bonds. The van der Waals surface area contributed by atoms with Crippen LogP contribution in [0, 0.1) is 5.92 Å². The molecule has 0 saturated carbocycles. The van der Waals surface area contributed by atoms with Gasteiger partial charge in [0.1, 0.15) is 12.6 Å². The molecule has 0 aliphatic rings. The summed E-state index contributed by atoms with van der Waals surface area (Å²) in [4.78, 5) is 29.1. The topological polar surface area (TPSA) is 86.8 Å². The van der Waals surface area contributed by atoms with Gasteiger partial charge in [0.05, 0.1) is 22.0 Å². The quantitative estimate of drug-likeness (QED) is 0.259. The van der Waals surface area contributed by atoms with E-state index in [4.69, 9.17) is 23.2 Å². The standard InChI is InChI=1S/C29H32BrCl2N3O4S/c1-20(2)17-33-29(37)27(15-21-7-5-4-6-8-21)34(18-22-9-11-23(30)12-10-22)28(36)19-35(40(3,38)39)24-13-14-25(31)26(32)16-24/h4-14,16,20,27H,15,17-19H2,1-3H3,(H,33,37).